The van der Waals surface area contributed by atoms with Crippen LogP contribution in [-0.2, 0) is 4.79 Å². The Labute approximate surface area is 108 Å². The van der Waals surface area contributed by atoms with Crippen molar-refractivity contribution >= 4 is 12.0 Å². The molecule has 0 aromatic rings. The maximum absolute atomic E-state index is 12.3. The molecule has 0 aliphatic rings. The van der Waals surface area contributed by atoms with Crippen LogP contribution in [0, 0.1) is 0 Å². The van der Waals surface area contributed by atoms with E-state index >= 15 is 0 Å². The molecule has 0 atom stereocenters. The lowest BCUT2D eigenvalue weighted by Crippen LogP contribution is -2.53. The largest absolute Gasteiger partial charge is 0.480 e. The molecule has 102 valence electrons. The highest BCUT2D eigenvalue weighted by atomic mass is 16.4. The van der Waals surface area contributed by atoms with Crippen LogP contribution in [0.15, 0.2) is 25.3 Å². The van der Waals surface area contributed by atoms with E-state index in [0.29, 0.717) is 6.54 Å². The minimum Gasteiger partial charge on any atom is -0.480 e. The van der Waals surface area contributed by atoms with Crippen LogP contribution in [0.2, 0.25) is 0 Å². The van der Waals surface area contributed by atoms with Gasteiger partial charge in [-0.2, -0.15) is 0 Å². The monoisotopic (exact) mass is 254 g/mol. The van der Waals surface area contributed by atoms with Gasteiger partial charge in [0.25, 0.3) is 0 Å². The highest BCUT2D eigenvalue weighted by Crippen LogP contribution is 2.15. The second-order valence-electron chi connectivity index (χ2n) is 4.92. The van der Waals surface area contributed by atoms with Crippen LogP contribution in [0.25, 0.3) is 0 Å². The fourth-order valence-corrected chi connectivity index (χ4v) is 1.47. The molecule has 18 heavy (non-hydrogen) atoms. The first-order valence-corrected chi connectivity index (χ1v) is 5.74. The van der Waals surface area contributed by atoms with Crippen molar-refractivity contribution in [1.82, 2.24) is 9.80 Å². The van der Waals surface area contributed by atoms with Gasteiger partial charge in [0, 0.05) is 18.6 Å². The Morgan fingerprint density at radius 3 is 2.00 bits per heavy atom. The maximum Gasteiger partial charge on any atom is 0.323 e. The molecule has 0 saturated carbocycles. The minimum atomic E-state index is -1.04. The number of carbonyl (C=O) groups is 2. The topological polar surface area (TPSA) is 60.9 Å². The predicted octanol–water partition coefficient (Wildman–Crippen LogP) is 1.97. The molecular formula is C13H22N2O3. The van der Waals surface area contributed by atoms with Crippen molar-refractivity contribution in [3.8, 4) is 0 Å². The van der Waals surface area contributed by atoms with Crippen LogP contribution in [0.5, 0.6) is 0 Å². The Hall–Kier alpha value is -1.78. The molecular weight excluding hydrogens is 232 g/mol. The van der Waals surface area contributed by atoms with E-state index in [-0.39, 0.29) is 19.1 Å². The lowest BCUT2D eigenvalue weighted by molar-refractivity contribution is -0.137. The van der Waals surface area contributed by atoms with Gasteiger partial charge in [0.05, 0.1) is 0 Å². The molecule has 0 rings (SSSR count). The van der Waals surface area contributed by atoms with Gasteiger partial charge in [-0.1, -0.05) is 12.2 Å². The highest BCUT2D eigenvalue weighted by molar-refractivity contribution is 5.81. The molecule has 0 saturated heterocycles. The maximum atomic E-state index is 12.3. The Morgan fingerprint density at radius 2 is 1.67 bits per heavy atom. The summed E-state index contributed by atoms with van der Waals surface area (Å²) in [7, 11) is 0. The summed E-state index contributed by atoms with van der Waals surface area (Å²) in [5.74, 6) is -1.04. The van der Waals surface area contributed by atoms with Crippen LogP contribution in [-0.4, -0.2) is 52.1 Å². The lowest BCUT2D eigenvalue weighted by atomic mass is 10.1. The second kappa shape index (κ2) is 6.83. The average Bonchev–Trinajstić information content (AvgIpc) is 2.22. The molecule has 2 amide bonds. The molecule has 1 N–H and O–H groups in total. The second-order valence-corrected chi connectivity index (χ2v) is 4.92. The number of carboxylic acid groups (broad SMARTS) is 1. The molecule has 0 fully saturated rings. The minimum absolute atomic E-state index is 0.203. The SMILES string of the molecule is C=CCN(CC(=O)O)C(=O)N(CC=C)C(C)(C)C. The normalized spacial score (nSPS) is 10.6. The van der Waals surface area contributed by atoms with Crippen molar-refractivity contribution in [1.29, 1.82) is 0 Å². The lowest BCUT2D eigenvalue weighted by Gasteiger charge is -2.38. The predicted molar refractivity (Wildman–Crippen MR) is 71.5 cm³/mol. The third-order valence-corrected chi connectivity index (χ3v) is 2.30. The molecule has 0 aliphatic heterocycles. The molecule has 0 unspecified atom stereocenters. The fourth-order valence-electron chi connectivity index (χ4n) is 1.47. The zero-order valence-electron chi connectivity index (χ0n) is 11.3. The van der Waals surface area contributed by atoms with E-state index in [0.717, 1.165) is 0 Å². The van der Waals surface area contributed by atoms with Gasteiger partial charge in [-0.15, -0.1) is 13.2 Å². The van der Waals surface area contributed by atoms with Gasteiger partial charge < -0.3 is 14.9 Å². The Bertz CT molecular complexity index is 332. The van der Waals surface area contributed by atoms with E-state index in [9.17, 15) is 9.59 Å². The summed E-state index contributed by atoms with van der Waals surface area (Å²) in [6.45, 7) is 13.1. The summed E-state index contributed by atoms with van der Waals surface area (Å²) in [6, 6.07) is -0.329. The molecule has 0 heterocycles. The number of urea groups is 1. The van der Waals surface area contributed by atoms with E-state index in [4.69, 9.17) is 5.11 Å². The van der Waals surface area contributed by atoms with Gasteiger partial charge >= 0.3 is 12.0 Å². The van der Waals surface area contributed by atoms with E-state index < -0.39 is 11.5 Å². The Morgan fingerprint density at radius 1 is 1.17 bits per heavy atom. The first-order valence-electron chi connectivity index (χ1n) is 5.74. The van der Waals surface area contributed by atoms with E-state index in [2.05, 4.69) is 13.2 Å². The molecule has 0 aromatic heterocycles. The quantitative estimate of drug-likeness (QED) is 0.737. The van der Waals surface area contributed by atoms with Crippen LogP contribution >= 0.6 is 0 Å². The van der Waals surface area contributed by atoms with Crippen LogP contribution < -0.4 is 0 Å². The van der Waals surface area contributed by atoms with Crippen molar-refractivity contribution < 1.29 is 14.7 Å². The van der Waals surface area contributed by atoms with Gasteiger partial charge in [0.15, 0.2) is 0 Å². The van der Waals surface area contributed by atoms with Crippen LogP contribution in [0.4, 0.5) is 4.79 Å². The number of hydrogen-bond donors (Lipinski definition) is 1. The third kappa shape index (κ3) is 5.03. The Balaban J connectivity index is 5.04. The highest BCUT2D eigenvalue weighted by Gasteiger charge is 2.29. The van der Waals surface area contributed by atoms with Gasteiger partial charge in [0.2, 0.25) is 0 Å². The standard InChI is InChI=1S/C13H22N2O3/c1-6-8-14(10-11(16)17)12(18)15(9-7-2)13(3,4)5/h6-7H,1-2,8-10H2,3-5H3,(H,16,17). The van der Waals surface area contributed by atoms with Gasteiger partial charge in [-0.25, -0.2) is 4.79 Å². The number of amides is 2. The number of nitrogens with zero attached hydrogens (tertiary/aromatic N) is 2. The molecule has 0 spiro atoms. The first-order chi connectivity index (χ1) is 8.23. The zero-order valence-corrected chi connectivity index (χ0v) is 11.3. The number of hydrogen-bond acceptors (Lipinski definition) is 2. The van der Waals surface area contributed by atoms with Crippen molar-refractivity contribution in [2.24, 2.45) is 0 Å². The molecule has 0 aliphatic carbocycles. The number of rotatable bonds is 6. The Kier molecular flexibility index (Phi) is 6.16. The summed E-state index contributed by atoms with van der Waals surface area (Å²) >= 11 is 0. The van der Waals surface area contributed by atoms with E-state index in [1.54, 1.807) is 11.0 Å². The van der Waals surface area contributed by atoms with Crippen molar-refractivity contribution in [3.05, 3.63) is 25.3 Å². The molecule has 0 bridgehead atoms. The van der Waals surface area contributed by atoms with Crippen molar-refractivity contribution in [2.75, 3.05) is 19.6 Å². The number of carbonyl (C=O) groups excluding carboxylic acids is 1. The van der Waals surface area contributed by atoms with E-state index in [1.807, 2.05) is 20.8 Å². The number of carboxylic acids is 1. The first kappa shape index (κ1) is 16.2. The summed E-state index contributed by atoms with van der Waals surface area (Å²) in [5.41, 5.74) is -0.400. The number of aliphatic carboxylic acids is 1. The molecule has 5 heteroatoms. The summed E-state index contributed by atoms with van der Waals surface area (Å²) in [6.07, 6.45) is 3.13. The molecule has 0 aromatic carbocycles. The van der Waals surface area contributed by atoms with Crippen LogP contribution in [0.3, 0.4) is 0 Å². The third-order valence-electron chi connectivity index (χ3n) is 2.30. The average molecular weight is 254 g/mol. The fraction of sp³-hybridized carbons (Fsp3) is 0.538. The van der Waals surface area contributed by atoms with Crippen molar-refractivity contribution in [2.45, 2.75) is 26.3 Å². The summed E-state index contributed by atoms with van der Waals surface area (Å²) < 4.78 is 0. The zero-order chi connectivity index (χ0) is 14.3. The van der Waals surface area contributed by atoms with Gasteiger partial charge in [0.1, 0.15) is 6.54 Å². The van der Waals surface area contributed by atoms with Gasteiger partial charge in [-0.05, 0) is 20.8 Å². The molecule has 0 radical (unpaired) electrons. The van der Waals surface area contributed by atoms with E-state index in [1.165, 1.54) is 11.0 Å². The van der Waals surface area contributed by atoms with Gasteiger partial charge in [-0.3, -0.25) is 4.79 Å². The molecule has 5 nitrogen and oxygen atoms in total. The smallest absolute Gasteiger partial charge is 0.323 e. The summed E-state index contributed by atoms with van der Waals surface area (Å²) in [4.78, 5) is 25.9. The summed E-state index contributed by atoms with van der Waals surface area (Å²) in [5, 5.41) is 8.81. The van der Waals surface area contributed by atoms with Crippen LogP contribution in [0.1, 0.15) is 20.8 Å². The van der Waals surface area contributed by atoms with Crippen molar-refractivity contribution in [3.63, 3.8) is 0 Å².